The number of ether oxygens (including phenoxy) is 1. The van der Waals surface area contributed by atoms with E-state index in [0.29, 0.717) is 6.26 Å². The van der Waals surface area contributed by atoms with Crippen LogP contribution in [0.4, 0.5) is 36.4 Å². The number of benzene rings is 1. The molecule has 0 aliphatic carbocycles. The van der Waals surface area contributed by atoms with Gasteiger partial charge < -0.3 is 10.1 Å². The summed E-state index contributed by atoms with van der Waals surface area (Å²) >= 11 is 0. The number of amides is 1. The van der Waals surface area contributed by atoms with Crippen LogP contribution in [0.15, 0.2) is 30.5 Å². The number of rotatable bonds is 6. The van der Waals surface area contributed by atoms with Crippen LogP contribution < -0.4 is 10.1 Å². The fourth-order valence-corrected chi connectivity index (χ4v) is 2.46. The highest BCUT2D eigenvalue weighted by molar-refractivity contribution is 7.89. The second-order valence-electron chi connectivity index (χ2n) is 5.44. The van der Waals surface area contributed by atoms with E-state index in [1.807, 2.05) is 0 Å². The van der Waals surface area contributed by atoms with Crippen LogP contribution in [0.5, 0.6) is 5.75 Å². The minimum Gasteiger partial charge on any atom is -0.426 e. The first kappa shape index (κ1) is 22.4. The predicted octanol–water partition coefficient (Wildman–Crippen LogP) is 3.20. The largest absolute Gasteiger partial charge is 0.461 e. The second-order valence-corrected chi connectivity index (χ2v) is 7.28. The lowest BCUT2D eigenvalue weighted by Crippen LogP contribution is -2.33. The van der Waals surface area contributed by atoms with Gasteiger partial charge in [-0.2, -0.15) is 39.9 Å². The van der Waals surface area contributed by atoms with E-state index in [4.69, 9.17) is 0 Å². The summed E-state index contributed by atoms with van der Waals surface area (Å²) in [7, 11) is -4.29. The molecular formula is C14H10F7N3O4S. The summed E-state index contributed by atoms with van der Waals surface area (Å²) < 4.78 is 117. The van der Waals surface area contributed by atoms with Gasteiger partial charge in [0.1, 0.15) is 5.75 Å². The maximum Gasteiger partial charge on any atom is 0.461 e. The zero-order chi connectivity index (χ0) is 22.2. The molecule has 15 heteroatoms. The molecule has 7 nitrogen and oxygen atoms in total. The van der Waals surface area contributed by atoms with Crippen LogP contribution in [-0.4, -0.2) is 42.3 Å². The van der Waals surface area contributed by atoms with Crippen LogP contribution >= 0.6 is 0 Å². The summed E-state index contributed by atoms with van der Waals surface area (Å²) in [6.45, 7) is 0. The van der Waals surface area contributed by atoms with Crippen LogP contribution in [0.25, 0.3) is 0 Å². The molecule has 0 radical (unpaired) electrons. The molecule has 1 N–H and O–H groups in total. The minimum absolute atomic E-state index is 0.0991. The van der Waals surface area contributed by atoms with Gasteiger partial charge in [0.25, 0.3) is 15.9 Å². The molecule has 0 atom stereocenters. The van der Waals surface area contributed by atoms with E-state index < -0.39 is 57.3 Å². The number of alkyl halides is 7. The SMILES string of the molecule is CS(=O)(=O)n1cc(C(=O)Nc2ccccc2OC(F)(F)C(F)F)c(C(F)(F)F)n1. The summed E-state index contributed by atoms with van der Waals surface area (Å²) in [5.41, 5.74) is -3.78. The molecule has 2 rings (SSSR count). The van der Waals surface area contributed by atoms with Crippen LogP contribution in [0.3, 0.4) is 0 Å². The first-order chi connectivity index (χ1) is 13.1. The Balaban J connectivity index is 2.43. The van der Waals surface area contributed by atoms with Gasteiger partial charge in [-0.05, 0) is 12.1 Å². The maximum atomic E-state index is 13.1. The standard InChI is InChI=1S/C14H10F7N3O4S/c1-29(26,27)24-6-7(10(23-24)13(17,18)19)11(25)22-8-4-2-3-5-9(8)28-14(20,21)12(15)16/h2-6,12H,1H3,(H,22,25). The molecule has 0 aliphatic rings. The van der Waals surface area contributed by atoms with Crippen molar-refractivity contribution in [3.8, 4) is 5.75 Å². The van der Waals surface area contributed by atoms with Gasteiger partial charge in [-0.3, -0.25) is 4.79 Å². The van der Waals surface area contributed by atoms with Crippen LogP contribution in [0.2, 0.25) is 0 Å². The Kier molecular flexibility index (Phi) is 5.83. The first-order valence-corrected chi connectivity index (χ1v) is 9.10. The lowest BCUT2D eigenvalue weighted by Gasteiger charge is -2.19. The van der Waals surface area contributed by atoms with E-state index in [-0.39, 0.29) is 10.3 Å². The summed E-state index contributed by atoms with van der Waals surface area (Å²) in [6.07, 6.45) is -13.6. The zero-order valence-corrected chi connectivity index (χ0v) is 14.9. The normalized spacial score (nSPS) is 12.9. The third kappa shape index (κ3) is 5.16. The molecule has 0 bridgehead atoms. The third-order valence-electron chi connectivity index (χ3n) is 3.18. The topological polar surface area (TPSA) is 90.3 Å². The monoisotopic (exact) mass is 449 g/mol. The number of para-hydroxylation sites is 2. The van der Waals surface area contributed by atoms with Crippen molar-refractivity contribution in [2.45, 2.75) is 18.7 Å². The molecule has 1 amide bonds. The van der Waals surface area contributed by atoms with E-state index in [1.165, 1.54) is 0 Å². The molecule has 0 saturated carbocycles. The zero-order valence-electron chi connectivity index (χ0n) is 14.0. The van der Waals surface area contributed by atoms with Gasteiger partial charge in [0.2, 0.25) is 0 Å². The van der Waals surface area contributed by atoms with Crippen molar-refractivity contribution in [1.29, 1.82) is 0 Å². The van der Waals surface area contributed by atoms with Gasteiger partial charge in [0.15, 0.2) is 5.69 Å². The van der Waals surface area contributed by atoms with Gasteiger partial charge in [0.05, 0.1) is 23.7 Å². The summed E-state index contributed by atoms with van der Waals surface area (Å²) in [5.74, 6) is -2.56. The Morgan fingerprint density at radius 2 is 1.76 bits per heavy atom. The molecule has 1 aromatic heterocycles. The van der Waals surface area contributed by atoms with Crippen molar-refractivity contribution >= 4 is 21.6 Å². The highest BCUT2D eigenvalue weighted by Gasteiger charge is 2.44. The Morgan fingerprint density at radius 3 is 2.28 bits per heavy atom. The van der Waals surface area contributed by atoms with Gasteiger partial charge in [0, 0.05) is 0 Å². The van der Waals surface area contributed by atoms with Crippen molar-refractivity contribution in [3.05, 3.63) is 41.7 Å². The van der Waals surface area contributed by atoms with Crippen LogP contribution in [-0.2, 0) is 16.2 Å². The number of hydrogen-bond donors (Lipinski definition) is 1. The number of anilines is 1. The predicted molar refractivity (Wildman–Crippen MR) is 83.4 cm³/mol. The molecule has 1 aromatic carbocycles. The second kappa shape index (κ2) is 7.53. The lowest BCUT2D eigenvalue weighted by atomic mass is 10.2. The molecule has 0 unspecified atom stereocenters. The van der Waals surface area contributed by atoms with E-state index in [9.17, 15) is 43.9 Å². The summed E-state index contributed by atoms with van der Waals surface area (Å²) in [6, 6.07) is 3.88. The smallest absolute Gasteiger partial charge is 0.426 e. The number of carbonyl (C=O) groups is 1. The number of nitrogens with one attached hydrogen (secondary N) is 1. The van der Waals surface area contributed by atoms with Crippen molar-refractivity contribution in [1.82, 2.24) is 9.19 Å². The Hall–Kier alpha value is -2.84. The van der Waals surface area contributed by atoms with E-state index in [0.717, 1.165) is 24.3 Å². The Bertz CT molecular complexity index is 1020. The quantitative estimate of drug-likeness (QED) is 0.685. The Labute approximate surface area is 158 Å². The van der Waals surface area contributed by atoms with Crippen molar-refractivity contribution < 1.29 is 48.7 Å². The molecule has 160 valence electrons. The van der Waals surface area contributed by atoms with E-state index in [2.05, 4.69) is 9.84 Å². The average Bonchev–Trinajstić information content (AvgIpc) is 3.02. The molecule has 29 heavy (non-hydrogen) atoms. The van der Waals surface area contributed by atoms with Crippen molar-refractivity contribution in [2.24, 2.45) is 0 Å². The first-order valence-electron chi connectivity index (χ1n) is 7.25. The van der Waals surface area contributed by atoms with Crippen LogP contribution in [0, 0.1) is 0 Å². The van der Waals surface area contributed by atoms with Gasteiger partial charge >= 0.3 is 18.7 Å². The van der Waals surface area contributed by atoms with Crippen molar-refractivity contribution in [2.75, 3.05) is 11.6 Å². The maximum absolute atomic E-state index is 13.1. The summed E-state index contributed by atoms with van der Waals surface area (Å²) in [5, 5.41) is 4.59. The van der Waals surface area contributed by atoms with Gasteiger partial charge in [-0.25, -0.2) is 8.42 Å². The molecule has 1 heterocycles. The number of hydrogen-bond acceptors (Lipinski definition) is 5. The summed E-state index contributed by atoms with van der Waals surface area (Å²) in [4.78, 5) is 12.2. The fourth-order valence-electron chi connectivity index (χ4n) is 1.94. The number of carbonyl (C=O) groups excluding carboxylic acids is 1. The van der Waals surface area contributed by atoms with E-state index in [1.54, 1.807) is 5.32 Å². The molecule has 2 aromatic rings. The molecule has 0 spiro atoms. The number of nitrogens with zero attached hydrogens (tertiary/aromatic N) is 2. The number of halogens is 7. The molecule has 0 aliphatic heterocycles. The molecule has 0 fully saturated rings. The third-order valence-corrected chi connectivity index (χ3v) is 4.05. The van der Waals surface area contributed by atoms with Crippen LogP contribution in [0.1, 0.15) is 16.1 Å². The van der Waals surface area contributed by atoms with Gasteiger partial charge in [-0.15, -0.1) is 0 Å². The van der Waals surface area contributed by atoms with Crippen molar-refractivity contribution in [3.63, 3.8) is 0 Å². The number of aromatic nitrogens is 2. The minimum atomic E-state index is -5.23. The Morgan fingerprint density at radius 1 is 1.17 bits per heavy atom. The molecular weight excluding hydrogens is 439 g/mol. The average molecular weight is 449 g/mol. The highest BCUT2D eigenvalue weighted by Crippen LogP contribution is 2.34. The fraction of sp³-hybridized carbons (Fsp3) is 0.286. The van der Waals surface area contributed by atoms with Gasteiger partial charge in [-0.1, -0.05) is 12.1 Å². The van der Waals surface area contributed by atoms with E-state index >= 15 is 0 Å². The highest BCUT2D eigenvalue weighted by atomic mass is 32.2. The molecule has 0 saturated heterocycles. The lowest BCUT2D eigenvalue weighted by molar-refractivity contribution is -0.252.